The molecule has 2 nitrogen and oxygen atoms in total. The monoisotopic (exact) mass is 361 g/mol. The number of thiophene rings is 1. The minimum atomic E-state index is 0.0254. The molecular weight excluding hydrogens is 334 g/mol. The third-order valence-electron chi connectivity index (χ3n) is 3.57. The third kappa shape index (κ3) is 6.25. The lowest BCUT2D eigenvalue weighted by atomic mass is 10.1. The molecule has 3 atom stereocenters. The predicted octanol–water partition coefficient (Wildman–Crippen LogP) is 5.66. The second-order valence-electron chi connectivity index (χ2n) is 5.46. The highest BCUT2D eigenvalue weighted by atomic mass is 79.9. The molecule has 1 aromatic heterocycles. The maximum Gasteiger partial charge on any atom is 0.107 e. The molecule has 0 bridgehead atoms. The molecule has 0 aliphatic carbocycles. The summed E-state index contributed by atoms with van der Waals surface area (Å²) in [5.41, 5.74) is 6.25. The van der Waals surface area contributed by atoms with Crippen molar-refractivity contribution in [1.29, 1.82) is 0 Å². The van der Waals surface area contributed by atoms with E-state index in [1.807, 2.05) is 0 Å². The lowest BCUT2D eigenvalue weighted by molar-refractivity contribution is -0.0210. The summed E-state index contributed by atoms with van der Waals surface area (Å²) in [5.74, 6) is 0. The zero-order valence-electron chi connectivity index (χ0n) is 12.9. The summed E-state index contributed by atoms with van der Waals surface area (Å²) < 4.78 is 7.36. The summed E-state index contributed by atoms with van der Waals surface area (Å²) in [7, 11) is 0. The molecule has 0 fully saturated rings. The second kappa shape index (κ2) is 9.93. The SMILES string of the molecule is CCCCCCC(C)OC(c1cc(Br)cs1)C(N)CC. The molecule has 1 aromatic rings. The summed E-state index contributed by atoms with van der Waals surface area (Å²) >= 11 is 5.23. The fourth-order valence-electron chi connectivity index (χ4n) is 2.25. The standard InChI is InChI=1S/C16H28BrNOS/c1-4-6-7-8-9-12(3)19-16(14(18)5-2)15-10-13(17)11-20-15/h10-12,14,16H,4-9,18H2,1-3H3. The predicted molar refractivity (Wildman–Crippen MR) is 92.3 cm³/mol. The van der Waals surface area contributed by atoms with Gasteiger partial charge in [-0.15, -0.1) is 11.3 Å². The first-order valence-corrected chi connectivity index (χ1v) is 9.40. The molecule has 0 saturated carbocycles. The highest BCUT2D eigenvalue weighted by Crippen LogP contribution is 2.32. The summed E-state index contributed by atoms with van der Waals surface area (Å²) in [6.45, 7) is 6.53. The van der Waals surface area contributed by atoms with Crippen molar-refractivity contribution in [2.75, 3.05) is 0 Å². The summed E-state index contributed by atoms with van der Waals surface area (Å²) in [4.78, 5) is 1.23. The van der Waals surface area contributed by atoms with Gasteiger partial charge in [-0.2, -0.15) is 0 Å². The van der Waals surface area contributed by atoms with Crippen LogP contribution in [0.1, 0.15) is 70.3 Å². The Hall–Kier alpha value is 0.1000. The number of nitrogens with two attached hydrogens (primary N) is 1. The van der Waals surface area contributed by atoms with E-state index < -0.39 is 0 Å². The van der Waals surface area contributed by atoms with Crippen molar-refractivity contribution in [2.45, 2.75) is 77.5 Å². The minimum Gasteiger partial charge on any atom is -0.368 e. The van der Waals surface area contributed by atoms with Gasteiger partial charge in [-0.3, -0.25) is 0 Å². The van der Waals surface area contributed by atoms with E-state index in [0.717, 1.165) is 17.3 Å². The fraction of sp³-hybridized carbons (Fsp3) is 0.750. The maximum atomic E-state index is 6.25. The van der Waals surface area contributed by atoms with Crippen molar-refractivity contribution < 1.29 is 4.74 Å². The number of ether oxygens (including phenoxy) is 1. The Balaban J connectivity index is 2.52. The minimum absolute atomic E-state index is 0.0254. The molecule has 1 rings (SSSR count). The fourth-order valence-corrected chi connectivity index (χ4v) is 3.80. The van der Waals surface area contributed by atoms with Gasteiger partial charge in [0.15, 0.2) is 0 Å². The van der Waals surface area contributed by atoms with Gasteiger partial charge in [-0.05, 0) is 41.8 Å². The van der Waals surface area contributed by atoms with Gasteiger partial charge >= 0.3 is 0 Å². The first-order valence-electron chi connectivity index (χ1n) is 7.73. The Morgan fingerprint density at radius 1 is 1.30 bits per heavy atom. The highest BCUT2D eigenvalue weighted by molar-refractivity contribution is 9.10. The van der Waals surface area contributed by atoms with Crippen LogP contribution in [0.2, 0.25) is 0 Å². The van der Waals surface area contributed by atoms with Gasteiger partial charge in [0.1, 0.15) is 6.10 Å². The second-order valence-corrected chi connectivity index (χ2v) is 7.31. The Bertz CT molecular complexity index is 369. The molecule has 116 valence electrons. The molecule has 1 heterocycles. The van der Waals surface area contributed by atoms with E-state index in [1.165, 1.54) is 30.6 Å². The van der Waals surface area contributed by atoms with Gasteiger partial charge in [0.25, 0.3) is 0 Å². The van der Waals surface area contributed by atoms with E-state index >= 15 is 0 Å². The van der Waals surface area contributed by atoms with Gasteiger partial charge in [0, 0.05) is 20.8 Å². The molecule has 0 aliphatic rings. The Kier molecular flexibility index (Phi) is 9.01. The van der Waals surface area contributed by atoms with Crippen LogP contribution in [-0.2, 0) is 4.74 Å². The normalized spacial score (nSPS) is 16.1. The van der Waals surface area contributed by atoms with Crippen molar-refractivity contribution in [2.24, 2.45) is 5.73 Å². The lowest BCUT2D eigenvalue weighted by Gasteiger charge is -2.26. The first kappa shape index (κ1) is 18.1. The van der Waals surface area contributed by atoms with E-state index in [9.17, 15) is 0 Å². The van der Waals surface area contributed by atoms with Gasteiger partial charge < -0.3 is 10.5 Å². The van der Waals surface area contributed by atoms with E-state index in [-0.39, 0.29) is 18.2 Å². The molecule has 4 heteroatoms. The number of rotatable bonds is 10. The molecule has 0 saturated heterocycles. The largest absolute Gasteiger partial charge is 0.368 e. The average Bonchev–Trinajstić information content (AvgIpc) is 2.86. The van der Waals surface area contributed by atoms with E-state index in [1.54, 1.807) is 11.3 Å². The zero-order valence-corrected chi connectivity index (χ0v) is 15.3. The van der Waals surface area contributed by atoms with Crippen LogP contribution in [0.25, 0.3) is 0 Å². The van der Waals surface area contributed by atoms with Crippen molar-refractivity contribution in [3.8, 4) is 0 Å². The van der Waals surface area contributed by atoms with Crippen LogP contribution in [0.4, 0.5) is 0 Å². The molecule has 0 amide bonds. The summed E-state index contributed by atoms with van der Waals surface area (Å²) in [6.07, 6.45) is 7.51. The Morgan fingerprint density at radius 3 is 2.60 bits per heavy atom. The van der Waals surface area contributed by atoms with Gasteiger partial charge in [0.2, 0.25) is 0 Å². The molecule has 0 radical (unpaired) electrons. The molecule has 0 aromatic carbocycles. The number of hydrogen-bond donors (Lipinski definition) is 1. The molecular formula is C16H28BrNOS. The van der Waals surface area contributed by atoms with E-state index in [2.05, 4.69) is 48.1 Å². The number of halogens is 1. The van der Waals surface area contributed by atoms with Crippen molar-refractivity contribution in [3.63, 3.8) is 0 Å². The van der Waals surface area contributed by atoms with E-state index in [4.69, 9.17) is 10.5 Å². The van der Waals surface area contributed by atoms with Crippen LogP contribution < -0.4 is 5.73 Å². The van der Waals surface area contributed by atoms with Crippen molar-refractivity contribution >= 4 is 27.3 Å². The molecule has 2 N–H and O–H groups in total. The zero-order chi connectivity index (χ0) is 15.0. The van der Waals surface area contributed by atoms with Gasteiger partial charge in [-0.1, -0.05) is 39.5 Å². The smallest absolute Gasteiger partial charge is 0.107 e. The van der Waals surface area contributed by atoms with Gasteiger partial charge in [0.05, 0.1) is 6.10 Å². The Morgan fingerprint density at radius 2 is 2.05 bits per heavy atom. The Labute approximate surface area is 136 Å². The summed E-state index contributed by atoms with van der Waals surface area (Å²) in [6, 6.07) is 2.20. The van der Waals surface area contributed by atoms with E-state index in [0.29, 0.717) is 0 Å². The number of hydrogen-bond acceptors (Lipinski definition) is 3. The van der Waals surface area contributed by atoms with Gasteiger partial charge in [-0.25, -0.2) is 0 Å². The van der Waals surface area contributed by atoms with Crippen molar-refractivity contribution in [1.82, 2.24) is 0 Å². The topological polar surface area (TPSA) is 35.2 Å². The molecule has 0 aliphatic heterocycles. The quantitative estimate of drug-likeness (QED) is 0.545. The number of unbranched alkanes of at least 4 members (excludes halogenated alkanes) is 3. The molecule has 0 spiro atoms. The molecule has 3 unspecified atom stereocenters. The third-order valence-corrected chi connectivity index (χ3v) is 5.33. The summed E-state index contributed by atoms with van der Waals surface area (Å²) in [5, 5.41) is 2.10. The van der Waals surface area contributed by atoms with Crippen LogP contribution in [0.3, 0.4) is 0 Å². The maximum absolute atomic E-state index is 6.25. The van der Waals surface area contributed by atoms with Crippen LogP contribution in [0.5, 0.6) is 0 Å². The van der Waals surface area contributed by atoms with Crippen LogP contribution in [0, 0.1) is 0 Å². The highest BCUT2D eigenvalue weighted by Gasteiger charge is 2.23. The average molecular weight is 362 g/mol. The first-order chi connectivity index (χ1) is 9.58. The lowest BCUT2D eigenvalue weighted by Crippen LogP contribution is -2.31. The van der Waals surface area contributed by atoms with Crippen LogP contribution in [0.15, 0.2) is 15.9 Å². The van der Waals surface area contributed by atoms with Crippen LogP contribution >= 0.6 is 27.3 Å². The molecule has 20 heavy (non-hydrogen) atoms. The van der Waals surface area contributed by atoms with Crippen molar-refractivity contribution in [3.05, 3.63) is 20.8 Å². The van der Waals surface area contributed by atoms with Crippen LogP contribution in [-0.4, -0.2) is 12.1 Å².